The van der Waals surface area contributed by atoms with E-state index in [4.69, 9.17) is 0 Å². The van der Waals surface area contributed by atoms with Crippen molar-refractivity contribution in [1.29, 1.82) is 0 Å². The van der Waals surface area contributed by atoms with Gasteiger partial charge in [-0.15, -0.1) is 0 Å². The molecule has 0 radical (unpaired) electrons. The molecule has 0 amide bonds. The van der Waals surface area contributed by atoms with Crippen LogP contribution >= 0.6 is 0 Å². The molecule has 0 bridgehead atoms. The molecule has 0 aromatic rings. The van der Waals surface area contributed by atoms with Gasteiger partial charge in [-0.2, -0.15) is 0 Å². The van der Waals surface area contributed by atoms with Crippen LogP contribution in [0.2, 0.25) is 0 Å². The summed E-state index contributed by atoms with van der Waals surface area (Å²) < 4.78 is 0. The number of hydrogen-bond acceptors (Lipinski definition) is 2. The fourth-order valence-corrected chi connectivity index (χ4v) is 2.29. The Morgan fingerprint density at radius 3 is 2.42 bits per heavy atom. The highest BCUT2D eigenvalue weighted by Gasteiger charge is 2.39. The van der Waals surface area contributed by atoms with Gasteiger partial charge in [-0.1, -0.05) is 6.42 Å². The summed E-state index contributed by atoms with van der Waals surface area (Å²) in [4.78, 5) is 0. The summed E-state index contributed by atoms with van der Waals surface area (Å²) in [6.45, 7) is 4.61. The van der Waals surface area contributed by atoms with E-state index in [1.165, 1.54) is 32.1 Å². The predicted octanol–water partition coefficient (Wildman–Crippen LogP) is 1.82. The Balaban J connectivity index is 1.92. The number of hydrazine groups is 1. The van der Waals surface area contributed by atoms with Crippen molar-refractivity contribution in [1.82, 2.24) is 10.9 Å². The molecule has 12 heavy (non-hydrogen) atoms. The van der Waals surface area contributed by atoms with Crippen LogP contribution in [0.25, 0.3) is 0 Å². The minimum absolute atomic E-state index is 0.394. The van der Waals surface area contributed by atoms with Gasteiger partial charge in [0.15, 0.2) is 0 Å². The highest BCUT2D eigenvalue weighted by atomic mass is 15.4. The van der Waals surface area contributed by atoms with Gasteiger partial charge in [0.05, 0.1) is 0 Å². The fourth-order valence-electron chi connectivity index (χ4n) is 2.29. The lowest BCUT2D eigenvalue weighted by atomic mass is 9.69. The molecule has 2 N–H and O–H groups in total. The molecule has 2 rings (SSSR count). The third kappa shape index (κ3) is 1.38. The maximum absolute atomic E-state index is 3.50. The quantitative estimate of drug-likeness (QED) is 0.624. The first-order valence-corrected chi connectivity index (χ1v) is 5.23. The van der Waals surface area contributed by atoms with E-state index in [0.29, 0.717) is 11.6 Å². The highest BCUT2D eigenvalue weighted by molar-refractivity contribution is 4.96. The Labute approximate surface area is 75.1 Å². The zero-order valence-electron chi connectivity index (χ0n) is 8.19. The maximum atomic E-state index is 3.50. The van der Waals surface area contributed by atoms with Gasteiger partial charge in [0.2, 0.25) is 0 Å². The van der Waals surface area contributed by atoms with Crippen molar-refractivity contribution >= 4 is 0 Å². The van der Waals surface area contributed by atoms with Crippen molar-refractivity contribution in [3.8, 4) is 0 Å². The topological polar surface area (TPSA) is 24.1 Å². The van der Waals surface area contributed by atoms with Crippen molar-refractivity contribution in [2.45, 2.75) is 57.5 Å². The van der Waals surface area contributed by atoms with Crippen molar-refractivity contribution in [2.75, 3.05) is 0 Å². The molecule has 2 fully saturated rings. The lowest BCUT2D eigenvalue weighted by Crippen LogP contribution is -2.62. The monoisotopic (exact) mass is 168 g/mol. The lowest BCUT2D eigenvalue weighted by Gasteiger charge is -2.47. The molecule has 1 heterocycles. The van der Waals surface area contributed by atoms with Crippen molar-refractivity contribution < 1.29 is 0 Å². The zero-order valence-corrected chi connectivity index (χ0v) is 8.19. The van der Waals surface area contributed by atoms with E-state index < -0.39 is 0 Å². The van der Waals surface area contributed by atoms with Gasteiger partial charge in [-0.05, 0) is 45.4 Å². The second-order valence-electron chi connectivity index (χ2n) is 4.75. The summed E-state index contributed by atoms with van der Waals surface area (Å²) in [5.41, 5.74) is 7.26. The molecular weight excluding hydrogens is 148 g/mol. The average Bonchev–Trinajstić information content (AvgIpc) is 1.92. The third-order valence-electron chi connectivity index (χ3n) is 3.71. The van der Waals surface area contributed by atoms with Crippen LogP contribution < -0.4 is 10.9 Å². The van der Waals surface area contributed by atoms with Gasteiger partial charge in [-0.25, -0.2) is 0 Å². The molecule has 70 valence electrons. The van der Waals surface area contributed by atoms with E-state index in [1.54, 1.807) is 0 Å². The second-order valence-corrected chi connectivity index (χ2v) is 4.75. The Morgan fingerprint density at radius 1 is 1.25 bits per heavy atom. The fraction of sp³-hybridized carbons (Fsp3) is 1.00. The van der Waals surface area contributed by atoms with E-state index in [9.17, 15) is 0 Å². The van der Waals surface area contributed by atoms with E-state index in [2.05, 4.69) is 24.7 Å². The summed E-state index contributed by atoms with van der Waals surface area (Å²) in [5, 5.41) is 0. The van der Waals surface area contributed by atoms with Crippen LogP contribution in [0.1, 0.15) is 46.0 Å². The summed E-state index contributed by atoms with van der Waals surface area (Å²) in [6, 6.07) is 0.651. The van der Waals surface area contributed by atoms with Crippen LogP contribution in [0.3, 0.4) is 0 Å². The van der Waals surface area contributed by atoms with Gasteiger partial charge in [0, 0.05) is 11.6 Å². The minimum atomic E-state index is 0.394. The Bertz CT molecular complexity index is 155. The zero-order chi connectivity index (χ0) is 8.60. The van der Waals surface area contributed by atoms with Gasteiger partial charge in [0.1, 0.15) is 0 Å². The van der Waals surface area contributed by atoms with Gasteiger partial charge < -0.3 is 0 Å². The maximum Gasteiger partial charge on any atom is 0.0324 e. The molecule has 0 aromatic heterocycles. The highest BCUT2D eigenvalue weighted by Crippen LogP contribution is 2.39. The van der Waals surface area contributed by atoms with Crippen molar-refractivity contribution in [2.24, 2.45) is 5.92 Å². The molecule has 2 unspecified atom stereocenters. The molecule has 1 saturated heterocycles. The second kappa shape index (κ2) is 3.00. The normalized spacial score (nSPS) is 44.0. The van der Waals surface area contributed by atoms with Gasteiger partial charge in [0.25, 0.3) is 0 Å². The van der Waals surface area contributed by atoms with Crippen LogP contribution in [0.5, 0.6) is 0 Å². The Kier molecular flexibility index (Phi) is 2.13. The molecule has 2 nitrogen and oxygen atoms in total. The molecule has 0 spiro atoms. The summed E-state index contributed by atoms with van der Waals surface area (Å²) in [6.07, 6.45) is 6.96. The molecule has 2 aliphatic rings. The van der Waals surface area contributed by atoms with Crippen molar-refractivity contribution in [3.63, 3.8) is 0 Å². The van der Waals surface area contributed by atoms with E-state index in [-0.39, 0.29) is 0 Å². The van der Waals surface area contributed by atoms with E-state index in [1.807, 2.05) is 0 Å². The standard InChI is InChI=1S/C10H20N2/c1-8-6-7-10(2,12-11-8)9-4-3-5-9/h8-9,11-12H,3-7H2,1-2H3. The molecule has 1 aliphatic carbocycles. The summed E-state index contributed by atoms with van der Waals surface area (Å²) >= 11 is 0. The van der Waals surface area contributed by atoms with Gasteiger partial charge >= 0.3 is 0 Å². The molecule has 1 saturated carbocycles. The number of nitrogens with one attached hydrogen (secondary N) is 2. The predicted molar refractivity (Wildman–Crippen MR) is 50.7 cm³/mol. The SMILES string of the molecule is CC1CCC(C)(C2CCC2)NN1. The van der Waals surface area contributed by atoms with E-state index in [0.717, 1.165) is 5.92 Å². The van der Waals surface area contributed by atoms with Crippen LogP contribution in [-0.4, -0.2) is 11.6 Å². The van der Waals surface area contributed by atoms with Crippen LogP contribution in [-0.2, 0) is 0 Å². The van der Waals surface area contributed by atoms with Crippen LogP contribution in [0, 0.1) is 5.92 Å². The number of hydrogen-bond donors (Lipinski definition) is 2. The molecule has 2 heteroatoms. The van der Waals surface area contributed by atoms with E-state index >= 15 is 0 Å². The number of rotatable bonds is 1. The molecule has 1 aliphatic heterocycles. The molecular formula is C10H20N2. The van der Waals surface area contributed by atoms with Crippen molar-refractivity contribution in [3.05, 3.63) is 0 Å². The Morgan fingerprint density at radius 2 is 2.00 bits per heavy atom. The first-order valence-electron chi connectivity index (χ1n) is 5.23. The average molecular weight is 168 g/mol. The molecule has 0 aromatic carbocycles. The van der Waals surface area contributed by atoms with Gasteiger partial charge in [-0.3, -0.25) is 10.9 Å². The summed E-state index contributed by atoms with van der Waals surface area (Å²) in [7, 11) is 0. The molecule has 2 atom stereocenters. The summed E-state index contributed by atoms with van der Waals surface area (Å²) in [5.74, 6) is 0.928. The van der Waals surface area contributed by atoms with Crippen LogP contribution in [0.4, 0.5) is 0 Å². The lowest BCUT2D eigenvalue weighted by molar-refractivity contribution is 0.0791. The first kappa shape index (κ1) is 8.52. The van der Waals surface area contributed by atoms with Crippen LogP contribution in [0.15, 0.2) is 0 Å². The smallest absolute Gasteiger partial charge is 0.0324 e. The minimum Gasteiger partial charge on any atom is -0.255 e. The first-order chi connectivity index (χ1) is 5.71. The third-order valence-corrected chi connectivity index (χ3v) is 3.71. The Hall–Kier alpha value is -0.0800. The largest absolute Gasteiger partial charge is 0.255 e.